The van der Waals surface area contributed by atoms with Crippen molar-refractivity contribution in [3.05, 3.63) is 71.8 Å². The van der Waals surface area contributed by atoms with E-state index in [2.05, 4.69) is 15.0 Å². The van der Waals surface area contributed by atoms with Crippen LogP contribution in [0, 0.1) is 0 Å². The van der Waals surface area contributed by atoms with Crippen LogP contribution in [0.4, 0.5) is 5.95 Å². The van der Waals surface area contributed by atoms with Gasteiger partial charge in [0.15, 0.2) is 11.5 Å². The molecule has 3 heterocycles. The molecule has 4 rings (SSSR count). The number of benzene rings is 1. The molecule has 2 aromatic heterocycles. The number of hydrogen-bond donors (Lipinski definition) is 2. The molecule has 2 N–H and O–H groups in total. The van der Waals surface area contributed by atoms with E-state index in [4.69, 9.17) is 14.7 Å². The van der Waals surface area contributed by atoms with Crippen molar-refractivity contribution in [1.82, 2.24) is 25.3 Å². The SMILES string of the molecule is COc1ccc(/C=C(/C(=O)N2CCN(c3ncc(C(=O)NO)cn3)CC2)c2cccnc2)cc1OC. The maximum atomic E-state index is 13.6. The molecular weight excluding hydrogens is 464 g/mol. The lowest BCUT2D eigenvalue weighted by molar-refractivity contribution is -0.125. The summed E-state index contributed by atoms with van der Waals surface area (Å²) in [5.41, 5.74) is 3.71. The van der Waals surface area contributed by atoms with Gasteiger partial charge in [-0.25, -0.2) is 15.4 Å². The van der Waals surface area contributed by atoms with Gasteiger partial charge < -0.3 is 19.3 Å². The summed E-state index contributed by atoms with van der Waals surface area (Å²) < 4.78 is 10.7. The number of piperazine rings is 1. The summed E-state index contributed by atoms with van der Waals surface area (Å²) in [5, 5.41) is 8.73. The van der Waals surface area contributed by atoms with E-state index in [-0.39, 0.29) is 11.5 Å². The number of aromatic nitrogens is 3. The quantitative estimate of drug-likeness (QED) is 0.290. The van der Waals surface area contributed by atoms with E-state index in [1.165, 1.54) is 12.4 Å². The van der Waals surface area contributed by atoms with Crippen LogP contribution in [0.25, 0.3) is 11.6 Å². The van der Waals surface area contributed by atoms with Crippen molar-refractivity contribution in [3.8, 4) is 11.5 Å². The Balaban J connectivity index is 1.53. The van der Waals surface area contributed by atoms with E-state index in [0.717, 1.165) is 5.56 Å². The standard InChI is InChI=1S/C25H26N6O5/c1-35-21-6-5-17(13-22(21)36-2)12-20(18-4-3-7-26-14-18)24(33)30-8-10-31(11-9-30)25-27-15-19(16-28-25)23(32)29-34/h3-7,12-16,34H,8-11H2,1-2H3,(H,29,32)/b20-12+. The van der Waals surface area contributed by atoms with E-state index in [9.17, 15) is 9.59 Å². The molecule has 1 aromatic carbocycles. The zero-order valence-corrected chi connectivity index (χ0v) is 19.9. The molecule has 0 unspecified atom stereocenters. The van der Waals surface area contributed by atoms with E-state index in [0.29, 0.717) is 54.8 Å². The van der Waals surface area contributed by atoms with Crippen molar-refractivity contribution in [2.75, 3.05) is 45.3 Å². The van der Waals surface area contributed by atoms with Crippen LogP contribution in [0.5, 0.6) is 11.5 Å². The second-order valence-electron chi connectivity index (χ2n) is 7.91. The van der Waals surface area contributed by atoms with Crippen LogP contribution in [0.15, 0.2) is 55.1 Å². The third kappa shape index (κ3) is 5.41. The number of nitrogens with zero attached hydrogens (tertiary/aromatic N) is 5. The molecule has 11 nitrogen and oxygen atoms in total. The molecule has 0 aliphatic carbocycles. The lowest BCUT2D eigenvalue weighted by Gasteiger charge is -2.35. The van der Waals surface area contributed by atoms with Crippen molar-refractivity contribution in [1.29, 1.82) is 0 Å². The predicted molar refractivity (Wildman–Crippen MR) is 132 cm³/mol. The zero-order chi connectivity index (χ0) is 25.5. The Hall–Kier alpha value is -4.51. The molecule has 1 aliphatic rings. The number of rotatable bonds is 7. The van der Waals surface area contributed by atoms with Crippen LogP contribution in [-0.2, 0) is 4.79 Å². The van der Waals surface area contributed by atoms with Crippen LogP contribution in [0.1, 0.15) is 21.5 Å². The summed E-state index contributed by atoms with van der Waals surface area (Å²) in [6.07, 6.45) is 7.84. The molecular formula is C25H26N6O5. The number of ether oxygens (including phenoxy) is 2. The van der Waals surface area contributed by atoms with Crippen LogP contribution in [0.2, 0.25) is 0 Å². The molecule has 0 spiro atoms. The molecule has 1 saturated heterocycles. The van der Waals surface area contributed by atoms with Crippen LogP contribution >= 0.6 is 0 Å². The van der Waals surface area contributed by atoms with Gasteiger partial charge in [0.2, 0.25) is 5.95 Å². The maximum absolute atomic E-state index is 13.6. The fourth-order valence-electron chi connectivity index (χ4n) is 3.85. The highest BCUT2D eigenvalue weighted by atomic mass is 16.5. The van der Waals surface area contributed by atoms with E-state index < -0.39 is 5.91 Å². The summed E-state index contributed by atoms with van der Waals surface area (Å²) in [4.78, 5) is 41.4. The average molecular weight is 491 g/mol. The summed E-state index contributed by atoms with van der Waals surface area (Å²) in [6.45, 7) is 1.97. The Kier molecular flexibility index (Phi) is 7.71. The number of anilines is 1. The average Bonchev–Trinajstić information content (AvgIpc) is 2.95. The third-order valence-electron chi connectivity index (χ3n) is 5.77. The van der Waals surface area contributed by atoms with Gasteiger partial charge in [-0.15, -0.1) is 0 Å². The van der Waals surface area contributed by atoms with Gasteiger partial charge >= 0.3 is 0 Å². The maximum Gasteiger partial charge on any atom is 0.277 e. The van der Waals surface area contributed by atoms with Gasteiger partial charge in [-0.1, -0.05) is 12.1 Å². The monoisotopic (exact) mass is 490 g/mol. The molecule has 36 heavy (non-hydrogen) atoms. The Labute approximate surface area is 208 Å². The fourth-order valence-corrected chi connectivity index (χ4v) is 3.85. The van der Waals surface area contributed by atoms with Gasteiger partial charge in [0, 0.05) is 62.1 Å². The lowest BCUT2D eigenvalue weighted by atomic mass is 10.0. The molecule has 0 saturated carbocycles. The highest BCUT2D eigenvalue weighted by Gasteiger charge is 2.26. The van der Waals surface area contributed by atoms with E-state index in [1.54, 1.807) is 49.1 Å². The number of hydrogen-bond acceptors (Lipinski definition) is 9. The highest BCUT2D eigenvalue weighted by Crippen LogP contribution is 2.30. The van der Waals surface area contributed by atoms with Gasteiger partial charge in [0.05, 0.1) is 19.8 Å². The summed E-state index contributed by atoms with van der Waals surface area (Å²) in [6, 6.07) is 9.12. The first-order valence-electron chi connectivity index (χ1n) is 11.2. The van der Waals surface area contributed by atoms with Crippen molar-refractivity contribution < 1.29 is 24.3 Å². The number of carbonyl (C=O) groups excluding carboxylic acids is 2. The first kappa shape index (κ1) is 24.6. The van der Waals surface area contributed by atoms with Gasteiger partial charge in [-0.2, -0.15) is 0 Å². The first-order chi connectivity index (χ1) is 17.5. The molecule has 0 radical (unpaired) electrons. The largest absolute Gasteiger partial charge is 0.493 e. The first-order valence-corrected chi connectivity index (χ1v) is 11.2. The number of carbonyl (C=O) groups is 2. The zero-order valence-electron chi connectivity index (χ0n) is 19.9. The number of pyridine rings is 1. The smallest absolute Gasteiger partial charge is 0.277 e. The Morgan fingerprint density at radius 3 is 2.31 bits per heavy atom. The van der Waals surface area contributed by atoms with Gasteiger partial charge in [-0.05, 0) is 29.8 Å². The van der Waals surface area contributed by atoms with Crippen molar-refractivity contribution in [3.63, 3.8) is 0 Å². The molecule has 1 fully saturated rings. The predicted octanol–water partition coefficient (Wildman–Crippen LogP) is 1.90. The Bertz CT molecular complexity index is 1240. The lowest BCUT2D eigenvalue weighted by Crippen LogP contribution is -2.49. The molecule has 0 atom stereocenters. The number of methoxy groups -OCH3 is 2. The summed E-state index contributed by atoms with van der Waals surface area (Å²) in [5.74, 6) is 0.826. The summed E-state index contributed by atoms with van der Waals surface area (Å²) in [7, 11) is 3.14. The number of hydroxylamine groups is 1. The molecule has 3 aromatic rings. The van der Waals surface area contributed by atoms with Gasteiger partial charge in [0.25, 0.3) is 11.8 Å². The molecule has 186 valence electrons. The molecule has 11 heteroatoms. The van der Waals surface area contributed by atoms with Crippen molar-refractivity contribution >= 4 is 29.4 Å². The fraction of sp³-hybridized carbons (Fsp3) is 0.240. The minimum Gasteiger partial charge on any atom is -0.493 e. The van der Waals surface area contributed by atoms with Crippen molar-refractivity contribution in [2.45, 2.75) is 0 Å². The number of nitrogens with one attached hydrogen (secondary N) is 1. The normalized spacial score (nSPS) is 13.8. The molecule has 2 amide bonds. The van der Waals surface area contributed by atoms with E-state index >= 15 is 0 Å². The van der Waals surface area contributed by atoms with Crippen LogP contribution < -0.4 is 19.9 Å². The topological polar surface area (TPSA) is 130 Å². The Morgan fingerprint density at radius 2 is 1.69 bits per heavy atom. The number of amides is 2. The Morgan fingerprint density at radius 1 is 0.972 bits per heavy atom. The van der Waals surface area contributed by atoms with Gasteiger partial charge in [-0.3, -0.25) is 19.8 Å². The second kappa shape index (κ2) is 11.3. The second-order valence-corrected chi connectivity index (χ2v) is 7.91. The molecule has 1 aliphatic heterocycles. The van der Waals surface area contributed by atoms with E-state index in [1.807, 2.05) is 29.2 Å². The van der Waals surface area contributed by atoms with Crippen LogP contribution in [-0.4, -0.2) is 77.3 Å². The molecule has 0 bridgehead atoms. The van der Waals surface area contributed by atoms with Crippen LogP contribution in [0.3, 0.4) is 0 Å². The van der Waals surface area contributed by atoms with Gasteiger partial charge in [0.1, 0.15) is 0 Å². The minimum atomic E-state index is -0.679. The summed E-state index contributed by atoms with van der Waals surface area (Å²) >= 11 is 0. The van der Waals surface area contributed by atoms with Crippen molar-refractivity contribution in [2.24, 2.45) is 0 Å². The third-order valence-corrected chi connectivity index (χ3v) is 5.77. The minimum absolute atomic E-state index is 0.117. The highest BCUT2D eigenvalue weighted by molar-refractivity contribution is 6.24.